The highest BCUT2D eigenvalue weighted by atomic mass is 16.6. The number of aliphatic carboxylic acids is 2. The van der Waals surface area contributed by atoms with Crippen LogP contribution in [-0.4, -0.2) is 69.4 Å². The lowest BCUT2D eigenvalue weighted by Crippen LogP contribution is -2.50. The Hall–Kier alpha value is -3.99. The van der Waals surface area contributed by atoms with E-state index in [1.165, 1.54) is 27.8 Å². The van der Waals surface area contributed by atoms with Crippen LogP contribution in [0.5, 0.6) is 0 Å². The van der Waals surface area contributed by atoms with Gasteiger partial charge in [0.05, 0.1) is 12.6 Å². The van der Waals surface area contributed by atoms with Crippen molar-refractivity contribution in [1.29, 1.82) is 0 Å². The van der Waals surface area contributed by atoms with Crippen molar-refractivity contribution in [3.8, 4) is 0 Å². The highest BCUT2D eigenvalue weighted by molar-refractivity contribution is 5.96. The number of carbonyl (C=O) groups is 4. The fourth-order valence-corrected chi connectivity index (χ4v) is 4.10. The maximum absolute atomic E-state index is 12.9. The molecule has 1 aromatic heterocycles. The maximum atomic E-state index is 12.9. The van der Waals surface area contributed by atoms with Gasteiger partial charge in [-0.05, 0) is 30.9 Å². The number of hydrogen-bond acceptors (Lipinski definition) is 6. The van der Waals surface area contributed by atoms with Crippen LogP contribution < -0.4 is 9.88 Å². The molecule has 2 aromatic rings. The molecule has 0 bridgehead atoms. The van der Waals surface area contributed by atoms with Crippen LogP contribution in [0, 0.1) is 0 Å². The summed E-state index contributed by atoms with van der Waals surface area (Å²) in [6.45, 7) is -0.636. The number of hydrogen-bond donors (Lipinski definition) is 4. The van der Waals surface area contributed by atoms with Gasteiger partial charge in [0.2, 0.25) is 0 Å². The number of amides is 2. The minimum absolute atomic E-state index is 0.106. The first-order chi connectivity index (χ1) is 16.8. The summed E-state index contributed by atoms with van der Waals surface area (Å²) in [5.74, 6) is -3.99. The Labute approximate surface area is 201 Å². The molecule has 3 atom stereocenters. The van der Waals surface area contributed by atoms with Crippen molar-refractivity contribution in [3.05, 3.63) is 66.0 Å². The number of ether oxygens (including phenoxy) is 1. The summed E-state index contributed by atoms with van der Waals surface area (Å²) in [5.41, 5.74) is 0.717. The molecule has 0 saturated carbocycles. The summed E-state index contributed by atoms with van der Waals surface area (Å²) in [4.78, 5) is 49.8. The van der Waals surface area contributed by atoms with E-state index in [0.717, 1.165) is 12.8 Å². The molecular formula is C24H28N3O8+. The number of rotatable bonds is 9. The quantitative estimate of drug-likeness (QED) is 0.382. The Bertz CT molecular complexity index is 1060. The fourth-order valence-electron chi connectivity index (χ4n) is 4.10. The Kier molecular flexibility index (Phi) is 8.74. The summed E-state index contributed by atoms with van der Waals surface area (Å²) in [7, 11) is 0. The molecule has 1 aliphatic heterocycles. The van der Waals surface area contributed by atoms with E-state index in [-0.39, 0.29) is 12.3 Å². The van der Waals surface area contributed by atoms with Crippen LogP contribution in [0.15, 0.2) is 54.9 Å². The molecule has 1 saturated heterocycles. The molecule has 0 radical (unpaired) electrons. The first-order valence-corrected chi connectivity index (χ1v) is 11.2. The number of carbonyl (C=O) groups excluding carboxylic acids is 2. The van der Waals surface area contributed by atoms with E-state index in [2.05, 4.69) is 5.32 Å². The Morgan fingerprint density at radius 3 is 2.46 bits per heavy atom. The van der Waals surface area contributed by atoms with Gasteiger partial charge in [0.15, 0.2) is 18.4 Å². The van der Waals surface area contributed by atoms with Crippen molar-refractivity contribution in [1.82, 2.24) is 10.2 Å². The van der Waals surface area contributed by atoms with E-state index >= 15 is 0 Å². The van der Waals surface area contributed by atoms with Crippen molar-refractivity contribution in [2.75, 3.05) is 13.2 Å². The van der Waals surface area contributed by atoms with Crippen LogP contribution in [0.4, 0.5) is 4.79 Å². The lowest BCUT2D eigenvalue weighted by molar-refractivity contribution is -0.727. The van der Waals surface area contributed by atoms with Crippen LogP contribution in [0.25, 0.3) is 0 Å². The first-order valence-electron chi connectivity index (χ1n) is 11.2. The molecule has 2 amide bonds. The normalized spacial score (nSPS) is 17.2. The number of nitrogens with zero attached hydrogens (tertiary/aromatic N) is 2. The number of pyridine rings is 1. The zero-order chi connectivity index (χ0) is 25.4. The molecule has 2 heterocycles. The first kappa shape index (κ1) is 25.6. The van der Waals surface area contributed by atoms with Crippen LogP contribution >= 0.6 is 0 Å². The van der Waals surface area contributed by atoms with Gasteiger partial charge in [0, 0.05) is 12.6 Å². The molecule has 1 unspecified atom stereocenters. The number of carboxylic acids is 2. The zero-order valence-electron chi connectivity index (χ0n) is 18.9. The third-order valence-electron chi connectivity index (χ3n) is 5.84. The van der Waals surface area contributed by atoms with Gasteiger partial charge in [0.1, 0.15) is 11.5 Å². The Morgan fingerprint density at radius 1 is 1.06 bits per heavy atom. The van der Waals surface area contributed by atoms with Gasteiger partial charge < -0.3 is 30.3 Å². The number of likely N-dealkylation sites (tertiary alicyclic amines) is 1. The van der Waals surface area contributed by atoms with Crippen molar-refractivity contribution >= 4 is 23.9 Å². The molecule has 1 aromatic carbocycles. The molecule has 186 valence electrons. The Balaban J connectivity index is 1.69. The summed E-state index contributed by atoms with van der Waals surface area (Å²) in [6.07, 6.45) is 4.32. The molecule has 11 heteroatoms. The minimum atomic E-state index is -1.45. The molecule has 0 aliphatic carbocycles. The van der Waals surface area contributed by atoms with Crippen molar-refractivity contribution in [2.45, 2.75) is 44.0 Å². The molecule has 0 spiro atoms. The largest absolute Gasteiger partial charge is 0.481 e. The zero-order valence-corrected chi connectivity index (χ0v) is 18.9. The number of benzene rings is 1. The van der Waals surface area contributed by atoms with E-state index in [0.29, 0.717) is 18.5 Å². The van der Waals surface area contributed by atoms with Gasteiger partial charge in [-0.3, -0.25) is 9.59 Å². The number of aliphatic hydroxyl groups is 1. The summed E-state index contributed by atoms with van der Waals surface area (Å²) in [6, 6.07) is 9.74. The second kappa shape index (κ2) is 11.9. The molecule has 11 nitrogen and oxygen atoms in total. The molecular weight excluding hydrogens is 458 g/mol. The Morgan fingerprint density at radius 2 is 1.80 bits per heavy atom. The summed E-state index contributed by atoms with van der Waals surface area (Å²) in [5, 5.41) is 30.2. The van der Waals surface area contributed by atoms with Gasteiger partial charge in [-0.25, -0.2) is 9.59 Å². The van der Waals surface area contributed by atoms with E-state index in [1.54, 1.807) is 36.5 Å². The van der Waals surface area contributed by atoms with E-state index in [9.17, 15) is 24.3 Å². The lowest BCUT2D eigenvalue weighted by Gasteiger charge is -2.38. The van der Waals surface area contributed by atoms with Gasteiger partial charge in [0.25, 0.3) is 12.6 Å². The van der Waals surface area contributed by atoms with Crippen molar-refractivity contribution in [3.63, 3.8) is 0 Å². The summed E-state index contributed by atoms with van der Waals surface area (Å²) >= 11 is 0. The lowest BCUT2D eigenvalue weighted by atomic mass is 9.85. The standard InChI is InChI=1S/C24H27N3O8/c28-14-18(22(30)31)25-21(29)17-9-6-11-26(13-17)15-35-24(34)27-12-5-4-10-19(27)20(23(32)33)16-7-2-1-3-8-16/h1-3,6-9,11,13,18-20,28H,4-5,10,12,14-15H2,(H2-,25,29,30,31,32,33)/p+1/t18-,19+,20?/m0/s1. The number of carboxylic acid groups (broad SMARTS) is 2. The second-order valence-electron chi connectivity index (χ2n) is 8.18. The molecule has 4 N–H and O–H groups in total. The van der Waals surface area contributed by atoms with Gasteiger partial charge in [-0.1, -0.05) is 30.3 Å². The van der Waals surface area contributed by atoms with Gasteiger partial charge >= 0.3 is 18.0 Å². The fraction of sp³-hybridized carbons (Fsp3) is 0.375. The van der Waals surface area contributed by atoms with Crippen LogP contribution in [0.3, 0.4) is 0 Å². The third kappa shape index (κ3) is 6.54. The number of piperidine rings is 1. The molecule has 3 rings (SSSR count). The topological polar surface area (TPSA) is 157 Å². The number of nitrogens with one attached hydrogen (secondary N) is 1. The van der Waals surface area contributed by atoms with Crippen LogP contribution in [0.2, 0.25) is 0 Å². The van der Waals surface area contributed by atoms with E-state index in [4.69, 9.17) is 14.9 Å². The minimum Gasteiger partial charge on any atom is -0.481 e. The van der Waals surface area contributed by atoms with Crippen molar-refractivity contribution < 1.29 is 43.8 Å². The number of aromatic nitrogens is 1. The average molecular weight is 487 g/mol. The van der Waals surface area contributed by atoms with Crippen LogP contribution in [-0.2, 0) is 21.1 Å². The van der Waals surface area contributed by atoms with Crippen molar-refractivity contribution in [2.24, 2.45) is 0 Å². The molecule has 35 heavy (non-hydrogen) atoms. The second-order valence-corrected chi connectivity index (χ2v) is 8.18. The number of aliphatic hydroxyl groups excluding tert-OH is 1. The average Bonchev–Trinajstić information content (AvgIpc) is 2.86. The highest BCUT2D eigenvalue weighted by Crippen LogP contribution is 2.31. The molecule has 1 fully saturated rings. The predicted octanol–water partition coefficient (Wildman–Crippen LogP) is 0.966. The monoisotopic (exact) mass is 486 g/mol. The van der Waals surface area contributed by atoms with Crippen LogP contribution in [0.1, 0.15) is 41.1 Å². The maximum Gasteiger partial charge on any atom is 0.414 e. The third-order valence-corrected chi connectivity index (χ3v) is 5.84. The summed E-state index contributed by atoms with van der Waals surface area (Å²) < 4.78 is 6.85. The van der Waals surface area contributed by atoms with E-state index < -0.39 is 48.5 Å². The van der Waals surface area contributed by atoms with E-state index in [1.807, 2.05) is 0 Å². The van der Waals surface area contributed by atoms with Gasteiger partial charge in [-0.2, -0.15) is 4.57 Å². The smallest absolute Gasteiger partial charge is 0.414 e. The highest BCUT2D eigenvalue weighted by Gasteiger charge is 2.38. The SMILES string of the molecule is O=C(N[C@@H](CO)C(=O)O)c1ccc[n+](COC(=O)N2CCCC[C@@H]2C(C(=O)O)c2ccccc2)c1. The van der Waals surface area contributed by atoms with Gasteiger partial charge in [-0.15, -0.1) is 0 Å². The predicted molar refractivity (Wildman–Crippen MR) is 120 cm³/mol. The molecule has 1 aliphatic rings.